The van der Waals surface area contributed by atoms with E-state index in [2.05, 4.69) is 15.8 Å². The van der Waals surface area contributed by atoms with Crippen molar-refractivity contribution in [2.75, 3.05) is 13.2 Å². The molecule has 1 N–H and O–H groups in total. The maximum atomic E-state index is 12.1. The number of hydrogen-bond donors (Lipinski definition) is 1. The van der Waals surface area contributed by atoms with Gasteiger partial charge in [-0.05, 0) is 74.5 Å². The summed E-state index contributed by atoms with van der Waals surface area (Å²) in [6, 6.07) is 0.672. The third kappa shape index (κ3) is 8.99. The van der Waals surface area contributed by atoms with Gasteiger partial charge in [0.15, 0.2) is 0 Å². The third-order valence-electron chi connectivity index (χ3n) is 11.2. The van der Waals surface area contributed by atoms with E-state index in [4.69, 9.17) is 0 Å². The van der Waals surface area contributed by atoms with Crippen LogP contribution in [-0.4, -0.2) is 30.3 Å². The maximum Gasteiger partial charge on any atom is 0.0892 e. The van der Waals surface area contributed by atoms with Crippen molar-refractivity contribution in [3.63, 3.8) is 0 Å². The van der Waals surface area contributed by atoms with Gasteiger partial charge in [-0.1, -0.05) is 108 Å². The van der Waals surface area contributed by atoms with E-state index in [-0.39, 0.29) is 6.04 Å². The Balaban J connectivity index is 1.29. The summed E-state index contributed by atoms with van der Waals surface area (Å²) in [5.41, 5.74) is 0. The highest BCUT2D eigenvalue weighted by molar-refractivity contribution is 4.92. The van der Waals surface area contributed by atoms with Gasteiger partial charge in [-0.15, -0.1) is 4.91 Å². The van der Waals surface area contributed by atoms with Gasteiger partial charge in [0.1, 0.15) is 0 Å². The Bertz CT molecular complexity index is 658. The summed E-state index contributed by atoms with van der Waals surface area (Å²) in [6.07, 6.45) is 30.4. The number of nitroso groups, excluding NO2 is 2. The molecule has 6 nitrogen and oxygen atoms in total. The molecular weight excluding hydrogens is 472 g/mol. The van der Waals surface area contributed by atoms with Crippen molar-refractivity contribution < 1.29 is 0 Å². The van der Waals surface area contributed by atoms with E-state index in [9.17, 15) is 9.81 Å². The first-order valence-electron chi connectivity index (χ1n) is 16.9. The number of nitrogens with zero attached hydrogens (tertiary/aromatic N) is 3. The molecule has 0 aromatic heterocycles. The van der Waals surface area contributed by atoms with Crippen LogP contribution < -0.4 is 5.32 Å². The minimum Gasteiger partial charge on any atom is -0.295 e. The minimum absolute atomic E-state index is 0.135. The molecule has 0 heterocycles. The average Bonchev–Trinajstić information content (AvgIpc) is 2.88. The Morgan fingerprint density at radius 2 is 1.21 bits per heavy atom. The molecule has 0 spiro atoms. The summed E-state index contributed by atoms with van der Waals surface area (Å²) in [6.45, 7) is 0.914. The zero-order valence-corrected chi connectivity index (χ0v) is 24.4. The molecule has 6 heteroatoms. The Morgan fingerprint density at radius 3 is 1.68 bits per heavy atom. The molecule has 0 bridgehead atoms. The molecular formula is C32H58N4O2. The monoisotopic (exact) mass is 530 g/mol. The molecule has 218 valence electrons. The van der Waals surface area contributed by atoms with Crippen LogP contribution in [0, 0.1) is 39.4 Å². The second kappa shape index (κ2) is 16.9. The third-order valence-corrected chi connectivity index (χ3v) is 11.2. The maximum absolute atomic E-state index is 12.1. The van der Waals surface area contributed by atoms with Gasteiger partial charge in [0.25, 0.3) is 0 Å². The second-order valence-electron chi connectivity index (χ2n) is 13.5. The van der Waals surface area contributed by atoms with Gasteiger partial charge in [0.05, 0.1) is 24.5 Å². The molecule has 4 aliphatic carbocycles. The zero-order valence-electron chi connectivity index (χ0n) is 24.4. The largest absolute Gasteiger partial charge is 0.295 e. The fourth-order valence-corrected chi connectivity index (χ4v) is 8.60. The van der Waals surface area contributed by atoms with Crippen LogP contribution in [-0.2, 0) is 0 Å². The molecule has 0 radical (unpaired) electrons. The van der Waals surface area contributed by atoms with Gasteiger partial charge >= 0.3 is 0 Å². The molecule has 4 saturated carbocycles. The van der Waals surface area contributed by atoms with Crippen molar-refractivity contribution in [2.45, 2.75) is 160 Å². The van der Waals surface area contributed by atoms with Crippen molar-refractivity contribution in [1.29, 1.82) is 0 Å². The lowest BCUT2D eigenvalue weighted by molar-refractivity contribution is 0.0364. The quantitative estimate of drug-likeness (QED) is 0.111. The molecule has 0 saturated heterocycles. The van der Waals surface area contributed by atoms with Gasteiger partial charge in [-0.3, -0.25) is 5.32 Å². The van der Waals surface area contributed by atoms with E-state index in [0.29, 0.717) is 19.3 Å². The van der Waals surface area contributed by atoms with Crippen LogP contribution >= 0.6 is 0 Å². The minimum atomic E-state index is 0.135. The predicted molar refractivity (Wildman–Crippen MR) is 158 cm³/mol. The first kappa shape index (κ1) is 29.9. The molecule has 4 rings (SSSR count). The zero-order chi connectivity index (χ0) is 26.4. The number of nitrogens with one attached hydrogen (secondary N) is 1. The van der Waals surface area contributed by atoms with Gasteiger partial charge < -0.3 is 0 Å². The summed E-state index contributed by atoms with van der Waals surface area (Å²) in [5, 5.41) is 12.3. The second-order valence-corrected chi connectivity index (χ2v) is 13.5. The van der Waals surface area contributed by atoms with Crippen LogP contribution in [0.3, 0.4) is 0 Å². The average molecular weight is 531 g/mol. The van der Waals surface area contributed by atoms with Gasteiger partial charge in [0, 0.05) is 6.04 Å². The highest BCUT2D eigenvalue weighted by Crippen LogP contribution is 2.47. The lowest BCUT2D eigenvalue weighted by atomic mass is 9.62. The summed E-state index contributed by atoms with van der Waals surface area (Å²) >= 11 is 0. The van der Waals surface area contributed by atoms with Crippen LogP contribution in [0.5, 0.6) is 0 Å². The van der Waals surface area contributed by atoms with Gasteiger partial charge in [-0.2, -0.15) is 4.91 Å². The fraction of sp³-hybridized carbons (Fsp3) is 1.00. The van der Waals surface area contributed by atoms with Crippen LogP contribution in [0.1, 0.15) is 148 Å². The predicted octanol–water partition coefficient (Wildman–Crippen LogP) is 9.13. The Labute approximate surface area is 233 Å². The van der Waals surface area contributed by atoms with Gasteiger partial charge in [0.2, 0.25) is 0 Å². The van der Waals surface area contributed by atoms with Crippen molar-refractivity contribution >= 4 is 0 Å². The molecule has 4 aliphatic rings. The summed E-state index contributed by atoms with van der Waals surface area (Å²) in [5.74, 6) is 4.07. The number of hydrogen-bond acceptors (Lipinski definition) is 5. The van der Waals surface area contributed by atoms with Gasteiger partial charge in [-0.25, -0.2) is 5.01 Å². The van der Waals surface area contributed by atoms with Crippen LogP contribution in [0.2, 0.25) is 0 Å². The molecule has 0 amide bonds. The van der Waals surface area contributed by atoms with Crippen LogP contribution in [0.4, 0.5) is 0 Å². The standard InChI is InChI=1S/C32H58N4O2/c37-34-23-13-18-29(24-28-19-20-30(28)26-14-9-7-4-8-10-15-26)36(35-38)25-33-32-22-21-31(32)27-16-11-5-2-1-3-6-12-17-27/h26-33H,1-25H2/t28?,29-,30?,31?,32?/m0/s1. The topological polar surface area (TPSA) is 74.1 Å². The van der Waals surface area contributed by atoms with Crippen LogP contribution in [0.15, 0.2) is 10.5 Å². The summed E-state index contributed by atoms with van der Waals surface area (Å²) in [7, 11) is 0. The first-order chi connectivity index (χ1) is 18.8. The summed E-state index contributed by atoms with van der Waals surface area (Å²) in [4.78, 5) is 22.9. The number of rotatable bonds is 13. The van der Waals surface area contributed by atoms with E-state index in [0.717, 1.165) is 48.9 Å². The molecule has 5 atom stereocenters. The Hall–Kier alpha value is -1.04. The summed E-state index contributed by atoms with van der Waals surface area (Å²) < 4.78 is 0. The molecule has 4 fully saturated rings. The van der Waals surface area contributed by atoms with E-state index < -0.39 is 0 Å². The highest BCUT2D eigenvalue weighted by Gasteiger charge is 2.40. The van der Waals surface area contributed by atoms with Crippen molar-refractivity contribution in [1.82, 2.24) is 10.3 Å². The Morgan fingerprint density at radius 1 is 0.658 bits per heavy atom. The van der Waals surface area contributed by atoms with E-state index in [1.807, 2.05) is 5.01 Å². The fourth-order valence-electron chi connectivity index (χ4n) is 8.60. The molecule has 4 unspecified atom stereocenters. The van der Waals surface area contributed by atoms with E-state index in [1.165, 1.54) is 128 Å². The van der Waals surface area contributed by atoms with Crippen LogP contribution in [0.25, 0.3) is 0 Å². The van der Waals surface area contributed by atoms with Crippen molar-refractivity contribution in [3.8, 4) is 0 Å². The highest BCUT2D eigenvalue weighted by atomic mass is 16.3. The van der Waals surface area contributed by atoms with E-state index in [1.54, 1.807) is 0 Å². The lowest BCUT2D eigenvalue weighted by Gasteiger charge is -2.46. The van der Waals surface area contributed by atoms with E-state index >= 15 is 0 Å². The van der Waals surface area contributed by atoms with Crippen molar-refractivity contribution in [3.05, 3.63) is 9.81 Å². The lowest BCUT2D eigenvalue weighted by Crippen LogP contribution is -2.52. The molecule has 0 aliphatic heterocycles. The van der Waals surface area contributed by atoms with Crippen molar-refractivity contribution in [2.24, 2.45) is 40.1 Å². The Kier molecular flexibility index (Phi) is 13.3. The first-order valence-corrected chi connectivity index (χ1v) is 16.9. The molecule has 38 heavy (non-hydrogen) atoms. The molecule has 0 aromatic rings. The normalized spacial score (nSPS) is 31.2. The smallest absolute Gasteiger partial charge is 0.0892 e. The SMILES string of the molecule is O=NCCC[C@@H](CC1CCC1C1CCCCCCC1)N(CNC1CCC1C1CCCCCCCCC1)N=O. The molecule has 0 aromatic carbocycles.